The Balaban J connectivity index is 1.73. The number of anilines is 2. The van der Waals surface area contributed by atoms with Crippen LogP contribution >= 0.6 is 0 Å². The average molecular weight is 499 g/mol. The van der Waals surface area contributed by atoms with Crippen molar-refractivity contribution in [3.63, 3.8) is 0 Å². The van der Waals surface area contributed by atoms with E-state index in [4.69, 9.17) is 5.73 Å². The topological polar surface area (TPSA) is 32.3 Å². The van der Waals surface area contributed by atoms with Crippen LogP contribution < -0.4 is 10.6 Å². The second-order valence-electron chi connectivity index (χ2n) is 12.1. The highest BCUT2D eigenvalue weighted by Gasteiger charge is 2.44. The average Bonchev–Trinajstić information content (AvgIpc) is 3.18. The Morgan fingerprint density at radius 2 is 1.59 bits per heavy atom. The molecule has 198 valence electrons. The highest BCUT2D eigenvalue weighted by molar-refractivity contribution is 6.03. The molecular weight excluding hydrogens is 450 g/mol. The largest absolute Gasteiger partial charge is 0.399 e. The number of hydrogen-bond donors (Lipinski definition) is 1. The molecule has 0 amide bonds. The summed E-state index contributed by atoms with van der Waals surface area (Å²) in [5.41, 5.74) is 16.5. The van der Waals surface area contributed by atoms with Crippen molar-refractivity contribution in [2.75, 3.05) is 23.7 Å². The zero-order valence-electron chi connectivity index (χ0n) is 24.3. The normalized spacial score (nSPS) is 18.8. The van der Waals surface area contributed by atoms with Crippen molar-refractivity contribution in [2.45, 2.75) is 97.8 Å². The number of hydrogen-bond acceptors (Lipinski definition) is 2. The van der Waals surface area contributed by atoms with Gasteiger partial charge in [0, 0.05) is 53.2 Å². The molecular formula is C34H48N3+. The number of unbranched alkanes of at least 4 members (excludes halogenated alkanes) is 4. The van der Waals surface area contributed by atoms with E-state index >= 15 is 0 Å². The van der Waals surface area contributed by atoms with Crippen molar-refractivity contribution in [3.8, 4) is 0 Å². The summed E-state index contributed by atoms with van der Waals surface area (Å²) in [6.07, 6.45) is 14.4. The quantitative estimate of drug-likeness (QED) is 0.202. The van der Waals surface area contributed by atoms with Gasteiger partial charge in [0.2, 0.25) is 5.69 Å². The summed E-state index contributed by atoms with van der Waals surface area (Å²) in [7, 11) is 0. The fourth-order valence-corrected chi connectivity index (χ4v) is 6.23. The third kappa shape index (κ3) is 5.15. The van der Waals surface area contributed by atoms with E-state index in [1.54, 1.807) is 0 Å². The van der Waals surface area contributed by atoms with Crippen LogP contribution in [0.15, 0.2) is 60.3 Å². The van der Waals surface area contributed by atoms with Gasteiger partial charge in [0.05, 0.1) is 5.41 Å². The molecule has 0 saturated heterocycles. The molecule has 2 N–H and O–H groups in total. The van der Waals surface area contributed by atoms with Gasteiger partial charge in [0.1, 0.15) is 6.54 Å². The smallest absolute Gasteiger partial charge is 0.209 e. The minimum Gasteiger partial charge on any atom is -0.399 e. The van der Waals surface area contributed by atoms with Crippen LogP contribution in [0.1, 0.15) is 96.8 Å². The Hall–Kier alpha value is -2.81. The second-order valence-corrected chi connectivity index (χ2v) is 12.1. The number of allylic oxidation sites excluding steroid dienone is 4. The van der Waals surface area contributed by atoms with Crippen molar-refractivity contribution >= 4 is 22.8 Å². The zero-order chi connectivity index (χ0) is 26.8. The van der Waals surface area contributed by atoms with E-state index in [0.717, 1.165) is 18.8 Å². The van der Waals surface area contributed by atoms with Gasteiger partial charge in [-0.25, -0.2) is 0 Å². The van der Waals surface area contributed by atoms with Crippen LogP contribution in [0.3, 0.4) is 0 Å². The van der Waals surface area contributed by atoms with Gasteiger partial charge in [-0.1, -0.05) is 64.7 Å². The minimum absolute atomic E-state index is 0.0218. The van der Waals surface area contributed by atoms with E-state index < -0.39 is 0 Å². The Labute approximate surface area is 225 Å². The highest BCUT2D eigenvalue weighted by Crippen LogP contribution is 2.48. The van der Waals surface area contributed by atoms with Crippen LogP contribution in [0.25, 0.3) is 0 Å². The summed E-state index contributed by atoms with van der Waals surface area (Å²) >= 11 is 0. The molecule has 0 saturated carbocycles. The van der Waals surface area contributed by atoms with Crippen LogP contribution in [0.2, 0.25) is 0 Å². The van der Waals surface area contributed by atoms with Crippen LogP contribution in [0.4, 0.5) is 17.1 Å². The van der Waals surface area contributed by atoms with Gasteiger partial charge in [0.25, 0.3) is 0 Å². The van der Waals surface area contributed by atoms with E-state index in [1.165, 1.54) is 78.0 Å². The second kappa shape index (κ2) is 10.9. The third-order valence-corrected chi connectivity index (χ3v) is 8.44. The zero-order valence-corrected chi connectivity index (χ0v) is 24.3. The molecule has 3 nitrogen and oxygen atoms in total. The molecule has 0 unspecified atom stereocenters. The number of nitrogens with two attached hydrogens (primary N) is 1. The lowest BCUT2D eigenvalue weighted by Gasteiger charge is -2.27. The van der Waals surface area contributed by atoms with Crippen LogP contribution in [0.5, 0.6) is 0 Å². The standard InChI is InChI=1S/C34H48N3/c1-8-10-12-21-36-29-19-17-25(3)23-27(29)33(4,5)31(36)15-14-16-32-34(6,7)28-24-26(35)18-20-30(28)37(32)22-13-11-9-2/h14-20,23-24H,8-13,21-22,35H2,1-7H3/q+1. The van der Waals surface area contributed by atoms with E-state index in [-0.39, 0.29) is 10.8 Å². The summed E-state index contributed by atoms with van der Waals surface area (Å²) in [6, 6.07) is 13.4. The molecule has 0 fully saturated rings. The SMILES string of the molecule is CCCCCN1/C(=C/C=C/C2=[N+](CCCCC)c3ccc(C)cc3C2(C)C)C(C)(C)c2cc(N)ccc21. The lowest BCUT2D eigenvalue weighted by molar-refractivity contribution is -0.438. The molecule has 2 aromatic carbocycles. The Kier molecular flexibility index (Phi) is 8.02. The van der Waals surface area contributed by atoms with Crippen molar-refractivity contribution in [2.24, 2.45) is 0 Å². The third-order valence-electron chi connectivity index (χ3n) is 8.44. The maximum absolute atomic E-state index is 6.23. The first kappa shape index (κ1) is 27.2. The first-order valence-electron chi connectivity index (χ1n) is 14.4. The first-order valence-corrected chi connectivity index (χ1v) is 14.4. The number of rotatable bonds is 10. The highest BCUT2D eigenvalue weighted by atomic mass is 15.2. The van der Waals surface area contributed by atoms with Gasteiger partial charge in [-0.05, 0) is 69.5 Å². The molecule has 0 aromatic heterocycles. The number of nitrogens with zero attached hydrogens (tertiary/aromatic N) is 2. The number of fused-ring (bicyclic) bond motifs is 2. The molecule has 0 bridgehead atoms. The summed E-state index contributed by atoms with van der Waals surface area (Å²) in [6.45, 7) is 18.3. The predicted molar refractivity (Wildman–Crippen MR) is 161 cm³/mol. The molecule has 3 heteroatoms. The Morgan fingerprint density at radius 3 is 2.32 bits per heavy atom. The fraction of sp³-hybridized carbons (Fsp3) is 0.500. The van der Waals surface area contributed by atoms with Crippen LogP contribution in [0, 0.1) is 6.92 Å². The van der Waals surface area contributed by atoms with E-state index in [0.29, 0.717) is 0 Å². The molecule has 4 rings (SSSR count). The molecule has 2 aromatic rings. The lowest BCUT2D eigenvalue weighted by Crippen LogP contribution is -2.28. The summed E-state index contributed by atoms with van der Waals surface area (Å²) in [5.74, 6) is 0. The number of nitrogen functional groups attached to an aromatic ring is 1. The Bertz CT molecular complexity index is 1230. The van der Waals surface area contributed by atoms with Gasteiger partial charge in [-0.3, -0.25) is 0 Å². The number of benzene rings is 2. The monoisotopic (exact) mass is 498 g/mol. The number of aryl methyl sites for hydroxylation is 1. The summed E-state index contributed by atoms with van der Waals surface area (Å²) in [4.78, 5) is 2.54. The van der Waals surface area contributed by atoms with Crippen LogP contribution in [-0.4, -0.2) is 23.4 Å². The summed E-state index contributed by atoms with van der Waals surface area (Å²) < 4.78 is 2.58. The molecule has 0 radical (unpaired) electrons. The molecule has 0 atom stereocenters. The van der Waals surface area contributed by atoms with Crippen LogP contribution in [-0.2, 0) is 10.8 Å². The van der Waals surface area contributed by atoms with Crippen molar-refractivity contribution in [3.05, 3.63) is 77.0 Å². The van der Waals surface area contributed by atoms with Gasteiger partial charge in [0.15, 0.2) is 5.71 Å². The van der Waals surface area contributed by atoms with E-state index in [1.807, 2.05) is 6.07 Å². The molecule has 2 aliphatic heterocycles. The van der Waals surface area contributed by atoms with Gasteiger partial charge >= 0.3 is 0 Å². The molecule has 0 spiro atoms. The molecule has 0 aliphatic carbocycles. The molecule has 2 aliphatic rings. The van der Waals surface area contributed by atoms with Gasteiger partial charge in [-0.15, -0.1) is 0 Å². The van der Waals surface area contributed by atoms with Gasteiger partial charge in [-0.2, -0.15) is 4.58 Å². The van der Waals surface area contributed by atoms with Gasteiger partial charge < -0.3 is 10.6 Å². The maximum Gasteiger partial charge on any atom is 0.209 e. The van der Waals surface area contributed by atoms with Crippen molar-refractivity contribution < 1.29 is 4.58 Å². The first-order chi connectivity index (χ1) is 17.6. The lowest BCUT2D eigenvalue weighted by atomic mass is 9.80. The summed E-state index contributed by atoms with van der Waals surface area (Å²) in [5, 5.41) is 0. The molecule has 2 heterocycles. The maximum atomic E-state index is 6.23. The van der Waals surface area contributed by atoms with Crippen molar-refractivity contribution in [1.29, 1.82) is 0 Å². The predicted octanol–water partition coefficient (Wildman–Crippen LogP) is 8.57. The Morgan fingerprint density at radius 1 is 0.865 bits per heavy atom. The fourth-order valence-electron chi connectivity index (χ4n) is 6.23. The van der Waals surface area contributed by atoms with E-state index in [2.05, 4.69) is 107 Å². The van der Waals surface area contributed by atoms with E-state index in [9.17, 15) is 0 Å². The molecule has 37 heavy (non-hydrogen) atoms. The minimum atomic E-state index is -0.0853. The van der Waals surface area contributed by atoms with Crippen molar-refractivity contribution in [1.82, 2.24) is 0 Å².